The average molecular weight is 527 g/mol. The fraction of sp³-hybridized carbons (Fsp3) is 0.464. The van der Waals surface area contributed by atoms with E-state index in [2.05, 4.69) is 15.2 Å². The van der Waals surface area contributed by atoms with E-state index in [0.717, 1.165) is 44.2 Å². The lowest BCUT2D eigenvalue weighted by Gasteiger charge is -2.33. The predicted molar refractivity (Wildman–Crippen MR) is 143 cm³/mol. The summed E-state index contributed by atoms with van der Waals surface area (Å²) in [5.41, 5.74) is 0.729. The highest BCUT2D eigenvalue weighted by atomic mass is 35.5. The number of aromatic nitrogens is 1. The number of benzene rings is 1. The Morgan fingerprint density at radius 3 is 2.54 bits per heavy atom. The molecular weight excluding hydrogens is 492 g/mol. The molecule has 3 rings (SSSR count). The largest absolute Gasteiger partial charge is 0.491 e. The smallest absolute Gasteiger partial charge is 0.262 e. The fourth-order valence-electron chi connectivity index (χ4n) is 4.20. The molecule has 37 heavy (non-hydrogen) atoms. The number of carbonyl (C=O) groups excluding carboxylic acids is 1. The van der Waals surface area contributed by atoms with Gasteiger partial charge >= 0.3 is 0 Å². The van der Waals surface area contributed by atoms with E-state index in [1.54, 1.807) is 18.2 Å². The molecule has 1 fully saturated rings. The molecule has 1 aromatic heterocycles. The lowest BCUT2D eigenvalue weighted by atomic mass is 9.84. The molecule has 0 saturated carbocycles. The van der Waals surface area contributed by atoms with Gasteiger partial charge in [0.15, 0.2) is 0 Å². The molecular formula is C28H35ClN4O4. The Kier molecular flexibility index (Phi) is 11.4. The Labute approximate surface area is 224 Å². The highest BCUT2D eigenvalue weighted by molar-refractivity contribution is 6.29. The Morgan fingerprint density at radius 2 is 1.89 bits per heavy atom. The van der Waals surface area contributed by atoms with Crippen molar-refractivity contribution >= 4 is 23.6 Å². The van der Waals surface area contributed by atoms with Crippen molar-refractivity contribution in [1.82, 2.24) is 15.2 Å². The number of carbonyl (C=O) groups is 1. The van der Waals surface area contributed by atoms with Crippen LogP contribution in [0.25, 0.3) is 6.08 Å². The SMILES string of the molecule is CCC(CC)(NC(=O)/C(C#N)=C/c1cccc(Cl)n1)c1ccc(OCCOCCN2CCOCC2)cc1. The molecule has 0 radical (unpaired) electrons. The molecule has 198 valence electrons. The summed E-state index contributed by atoms with van der Waals surface area (Å²) in [6.07, 6.45) is 2.75. The first-order valence-corrected chi connectivity index (χ1v) is 13.1. The van der Waals surface area contributed by atoms with Crippen molar-refractivity contribution in [3.05, 3.63) is 64.4 Å². The summed E-state index contributed by atoms with van der Waals surface area (Å²) in [5.74, 6) is 0.278. The molecule has 0 aliphatic carbocycles. The van der Waals surface area contributed by atoms with Crippen molar-refractivity contribution in [1.29, 1.82) is 5.26 Å². The first kappa shape index (κ1) is 28.6. The molecule has 9 heteroatoms. The van der Waals surface area contributed by atoms with Crippen LogP contribution in [0.1, 0.15) is 37.9 Å². The molecule has 2 heterocycles. The number of amides is 1. The number of rotatable bonds is 13. The number of nitrogens with one attached hydrogen (secondary N) is 1. The summed E-state index contributed by atoms with van der Waals surface area (Å²) < 4.78 is 16.9. The summed E-state index contributed by atoms with van der Waals surface area (Å²) in [7, 11) is 0. The molecule has 1 amide bonds. The topological polar surface area (TPSA) is 96.7 Å². The van der Waals surface area contributed by atoms with Crippen LogP contribution in [0.5, 0.6) is 5.75 Å². The lowest BCUT2D eigenvalue weighted by molar-refractivity contribution is -0.119. The third-order valence-electron chi connectivity index (χ3n) is 6.51. The van der Waals surface area contributed by atoms with Gasteiger partial charge in [0.05, 0.1) is 37.7 Å². The molecule has 1 aliphatic rings. The van der Waals surface area contributed by atoms with Crippen LogP contribution in [0.15, 0.2) is 48.0 Å². The van der Waals surface area contributed by atoms with Gasteiger partial charge < -0.3 is 19.5 Å². The minimum Gasteiger partial charge on any atom is -0.491 e. The zero-order chi connectivity index (χ0) is 26.5. The van der Waals surface area contributed by atoms with Crippen LogP contribution >= 0.6 is 11.6 Å². The van der Waals surface area contributed by atoms with Crippen LogP contribution in [-0.2, 0) is 19.8 Å². The van der Waals surface area contributed by atoms with E-state index < -0.39 is 11.4 Å². The maximum absolute atomic E-state index is 13.1. The third kappa shape index (κ3) is 8.54. The van der Waals surface area contributed by atoms with Gasteiger partial charge in [0.25, 0.3) is 5.91 Å². The Bertz CT molecular complexity index is 1070. The highest BCUT2D eigenvalue weighted by Gasteiger charge is 2.31. The monoisotopic (exact) mass is 526 g/mol. The van der Waals surface area contributed by atoms with Crippen LogP contribution in [0.2, 0.25) is 5.15 Å². The van der Waals surface area contributed by atoms with Crippen LogP contribution in [0, 0.1) is 11.3 Å². The van der Waals surface area contributed by atoms with E-state index in [9.17, 15) is 10.1 Å². The Balaban J connectivity index is 1.55. The molecule has 1 aliphatic heterocycles. The van der Waals surface area contributed by atoms with Gasteiger partial charge in [-0.15, -0.1) is 0 Å². The highest BCUT2D eigenvalue weighted by Crippen LogP contribution is 2.30. The van der Waals surface area contributed by atoms with E-state index in [1.165, 1.54) is 6.08 Å². The first-order chi connectivity index (χ1) is 18.0. The van der Waals surface area contributed by atoms with Crippen LogP contribution in [0.3, 0.4) is 0 Å². The second kappa shape index (κ2) is 14.7. The third-order valence-corrected chi connectivity index (χ3v) is 6.72. The van der Waals surface area contributed by atoms with E-state index in [-0.39, 0.29) is 5.57 Å². The minimum atomic E-state index is -0.629. The van der Waals surface area contributed by atoms with Crippen molar-refractivity contribution in [3.63, 3.8) is 0 Å². The normalized spacial score (nSPS) is 14.7. The number of ether oxygens (including phenoxy) is 3. The van der Waals surface area contributed by atoms with E-state index in [0.29, 0.717) is 43.5 Å². The predicted octanol–water partition coefficient (Wildman–Crippen LogP) is 4.20. The number of hydrogen-bond acceptors (Lipinski definition) is 7. The zero-order valence-corrected chi connectivity index (χ0v) is 22.3. The lowest BCUT2D eigenvalue weighted by Crippen LogP contribution is -2.45. The van der Waals surface area contributed by atoms with Gasteiger partial charge in [-0.2, -0.15) is 5.26 Å². The maximum Gasteiger partial charge on any atom is 0.262 e. The van der Waals surface area contributed by atoms with Crippen LogP contribution in [0.4, 0.5) is 0 Å². The second-order valence-electron chi connectivity index (χ2n) is 8.74. The summed E-state index contributed by atoms with van der Waals surface area (Å²) in [6.45, 7) is 10.1. The molecule has 1 aromatic carbocycles. The fourth-order valence-corrected chi connectivity index (χ4v) is 4.37. The van der Waals surface area contributed by atoms with Gasteiger partial charge in [0.1, 0.15) is 29.2 Å². The number of morpholine rings is 1. The quantitative estimate of drug-likeness (QED) is 0.181. The summed E-state index contributed by atoms with van der Waals surface area (Å²) >= 11 is 5.93. The summed E-state index contributed by atoms with van der Waals surface area (Å²) in [5, 5.41) is 13.0. The van der Waals surface area contributed by atoms with Gasteiger partial charge in [-0.05, 0) is 48.7 Å². The number of hydrogen-bond donors (Lipinski definition) is 1. The van der Waals surface area contributed by atoms with Gasteiger partial charge in [-0.1, -0.05) is 43.6 Å². The van der Waals surface area contributed by atoms with Gasteiger partial charge in [0, 0.05) is 19.6 Å². The molecule has 0 bridgehead atoms. The Morgan fingerprint density at radius 1 is 1.16 bits per heavy atom. The van der Waals surface area contributed by atoms with Gasteiger partial charge in [-0.25, -0.2) is 4.98 Å². The number of nitriles is 1. The van der Waals surface area contributed by atoms with Crippen molar-refractivity contribution in [3.8, 4) is 11.8 Å². The second-order valence-corrected chi connectivity index (χ2v) is 9.12. The van der Waals surface area contributed by atoms with Gasteiger partial charge in [-0.3, -0.25) is 9.69 Å². The van der Waals surface area contributed by atoms with Crippen molar-refractivity contribution in [2.75, 3.05) is 52.7 Å². The molecule has 0 spiro atoms. The molecule has 2 aromatic rings. The average Bonchev–Trinajstić information content (AvgIpc) is 2.93. The minimum absolute atomic E-state index is 0.0328. The number of nitrogens with zero attached hydrogens (tertiary/aromatic N) is 3. The van der Waals surface area contributed by atoms with Crippen molar-refractivity contribution in [2.45, 2.75) is 32.2 Å². The molecule has 0 unspecified atom stereocenters. The number of halogens is 1. The standard InChI is InChI=1S/C28H35ClN4O4/c1-3-28(4-2,32-27(34)22(21-30)20-24-6-5-7-26(29)31-24)23-8-10-25(11-9-23)37-19-18-36-17-14-33-12-15-35-16-13-33/h5-11,20H,3-4,12-19H2,1-2H3,(H,32,34)/b22-20+. The van der Waals surface area contributed by atoms with Crippen molar-refractivity contribution < 1.29 is 19.0 Å². The zero-order valence-electron chi connectivity index (χ0n) is 21.5. The molecule has 1 saturated heterocycles. The van der Waals surface area contributed by atoms with E-state index >= 15 is 0 Å². The molecule has 1 N–H and O–H groups in total. The van der Waals surface area contributed by atoms with Gasteiger partial charge in [0.2, 0.25) is 0 Å². The van der Waals surface area contributed by atoms with E-state index in [1.807, 2.05) is 44.2 Å². The number of pyridine rings is 1. The van der Waals surface area contributed by atoms with Crippen molar-refractivity contribution in [2.24, 2.45) is 0 Å². The Hall–Kier alpha value is -2.96. The van der Waals surface area contributed by atoms with E-state index in [4.69, 9.17) is 25.8 Å². The summed E-state index contributed by atoms with van der Waals surface area (Å²) in [4.78, 5) is 19.5. The maximum atomic E-state index is 13.1. The van der Waals surface area contributed by atoms with Crippen LogP contribution in [-0.4, -0.2) is 68.5 Å². The first-order valence-electron chi connectivity index (χ1n) is 12.7. The molecule has 8 nitrogen and oxygen atoms in total. The molecule has 0 atom stereocenters. The summed E-state index contributed by atoms with van der Waals surface area (Å²) in [6, 6.07) is 14.7. The van der Waals surface area contributed by atoms with Crippen LogP contribution < -0.4 is 10.1 Å².